The molecule has 0 N–H and O–H groups in total. The minimum Gasteiger partial charge on any atom is -0.462 e. The molecule has 0 aliphatic rings. The third kappa shape index (κ3) is 63.3. The van der Waals surface area contributed by atoms with Crippen LogP contribution in [0.2, 0.25) is 0 Å². The second-order valence-electron chi connectivity index (χ2n) is 22.0. The first-order valence-corrected chi connectivity index (χ1v) is 33.1. The van der Waals surface area contributed by atoms with Gasteiger partial charge in [-0.05, 0) is 89.9 Å². The highest BCUT2D eigenvalue weighted by Gasteiger charge is 2.19. The van der Waals surface area contributed by atoms with Crippen LogP contribution in [0.1, 0.15) is 329 Å². The number of hydrogen-bond donors (Lipinski definition) is 0. The van der Waals surface area contributed by atoms with Crippen molar-refractivity contribution in [2.24, 2.45) is 0 Å². The first-order chi connectivity index (χ1) is 38.0. The van der Waals surface area contributed by atoms with Crippen LogP contribution in [0.15, 0.2) is 85.1 Å². The van der Waals surface area contributed by atoms with E-state index < -0.39 is 6.10 Å². The summed E-state index contributed by atoms with van der Waals surface area (Å²) >= 11 is 0. The Kier molecular flexibility index (Phi) is 62.2. The lowest BCUT2D eigenvalue weighted by Crippen LogP contribution is -2.30. The number of rotatable bonds is 60. The van der Waals surface area contributed by atoms with Gasteiger partial charge in [-0.1, -0.05) is 305 Å². The molecule has 0 aromatic heterocycles. The zero-order valence-corrected chi connectivity index (χ0v) is 51.0. The number of ether oxygens (including phenoxy) is 3. The minimum absolute atomic E-state index is 0.0774. The topological polar surface area (TPSA) is 78.9 Å². The van der Waals surface area contributed by atoms with E-state index in [9.17, 15) is 14.4 Å². The van der Waals surface area contributed by atoms with Crippen LogP contribution in [0, 0.1) is 0 Å². The third-order valence-corrected chi connectivity index (χ3v) is 14.4. The summed E-state index contributed by atoms with van der Waals surface area (Å²) in [5.74, 6) is -0.876. The van der Waals surface area contributed by atoms with Crippen LogP contribution in [0.4, 0.5) is 0 Å². The number of unbranched alkanes of at least 4 members (excludes halogenated alkanes) is 35. The molecular weight excluding hydrogens is 949 g/mol. The van der Waals surface area contributed by atoms with Gasteiger partial charge in [0.05, 0.1) is 0 Å². The molecule has 0 heterocycles. The molecule has 444 valence electrons. The largest absolute Gasteiger partial charge is 0.462 e. The molecule has 0 aromatic carbocycles. The van der Waals surface area contributed by atoms with Crippen molar-refractivity contribution in [2.75, 3.05) is 13.2 Å². The average molecular weight is 1070 g/mol. The van der Waals surface area contributed by atoms with Gasteiger partial charge >= 0.3 is 17.9 Å². The van der Waals surface area contributed by atoms with Crippen molar-refractivity contribution in [3.8, 4) is 0 Å². The zero-order valence-electron chi connectivity index (χ0n) is 51.0. The smallest absolute Gasteiger partial charge is 0.306 e. The van der Waals surface area contributed by atoms with Crippen LogP contribution in [0.25, 0.3) is 0 Å². The monoisotopic (exact) mass is 1070 g/mol. The lowest BCUT2D eigenvalue weighted by Gasteiger charge is -2.18. The molecule has 0 radical (unpaired) electrons. The van der Waals surface area contributed by atoms with E-state index in [2.05, 4.69) is 106 Å². The van der Waals surface area contributed by atoms with Crippen molar-refractivity contribution in [3.63, 3.8) is 0 Å². The highest BCUT2D eigenvalue weighted by atomic mass is 16.6. The number of hydrogen-bond acceptors (Lipinski definition) is 6. The Hall–Kier alpha value is -3.41. The molecule has 0 saturated carbocycles. The van der Waals surface area contributed by atoms with Gasteiger partial charge in [0, 0.05) is 19.3 Å². The molecule has 77 heavy (non-hydrogen) atoms. The Bertz CT molecular complexity index is 1470. The van der Waals surface area contributed by atoms with Gasteiger partial charge in [0.15, 0.2) is 6.10 Å². The molecule has 0 fully saturated rings. The normalized spacial score (nSPS) is 12.6. The van der Waals surface area contributed by atoms with Gasteiger partial charge in [-0.2, -0.15) is 0 Å². The van der Waals surface area contributed by atoms with Crippen molar-refractivity contribution >= 4 is 17.9 Å². The molecule has 0 bridgehead atoms. The van der Waals surface area contributed by atoms with Crippen molar-refractivity contribution in [2.45, 2.75) is 335 Å². The fourth-order valence-electron chi connectivity index (χ4n) is 9.43. The SMILES string of the molecule is CC/C=C\C/C=C\C/C=C\C/C=C\C/C=C\CCCCCCCCCCCCCCCCCC(=O)OCC(COC(=O)CCCCCCCCCCCCCCCC)OC(=O)CCCCCCC/C=C\C/C=C\CCCC. The quantitative estimate of drug-likeness (QED) is 0.0261. The van der Waals surface area contributed by atoms with Crippen LogP contribution in [-0.2, 0) is 28.6 Å². The molecule has 0 amide bonds. The molecule has 0 rings (SSSR count). The van der Waals surface area contributed by atoms with Crippen molar-refractivity contribution < 1.29 is 28.6 Å². The molecule has 0 aromatic rings. The van der Waals surface area contributed by atoms with Crippen molar-refractivity contribution in [1.82, 2.24) is 0 Å². The summed E-state index contributed by atoms with van der Waals surface area (Å²) in [7, 11) is 0. The van der Waals surface area contributed by atoms with Gasteiger partial charge in [0.25, 0.3) is 0 Å². The van der Waals surface area contributed by atoms with E-state index in [0.717, 1.165) is 116 Å². The Morgan fingerprint density at radius 2 is 0.519 bits per heavy atom. The van der Waals surface area contributed by atoms with Crippen LogP contribution < -0.4 is 0 Å². The Morgan fingerprint density at radius 3 is 0.831 bits per heavy atom. The van der Waals surface area contributed by atoms with E-state index in [0.29, 0.717) is 19.3 Å². The number of allylic oxidation sites excluding steroid dienone is 14. The maximum atomic E-state index is 12.9. The van der Waals surface area contributed by atoms with Crippen LogP contribution in [-0.4, -0.2) is 37.2 Å². The Morgan fingerprint density at radius 1 is 0.273 bits per heavy atom. The van der Waals surface area contributed by atoms with E-state index in [1.807, 2.05) is 0 Å². The summed E-state index contributed by atoms with van der Waals surface area (Å²) < 4.78 is 16.9. The molecule has 1 atom stereocenters. The molecule has 0 spiro atoms. The predicted molar refractivity (Wildman–Crippen MR) is 334 cm³/mol. The summed E-state index contributed by atoms with van der Waals surface area (Å²) in [6, 6.07) is 0. The molecule has 1 unspecified atom stereocenters. The molecule has 0 saturated heterocycles. The van der Waals surface area contributed by atoms with E-state index in [1.54, 1.807) is 0 Å². The predicted octanol–water partition coefficient (Wildman–Crippen LogP) is 22.7. The summed E-state index contributed by atoms with van der Waals surface area (Å²) in [4.78, 5) is 38.3. The van der Waals surface area contributed by atoms with Gasteiger partial charge in [-0.25, -0.2) is 0 Å². The maximum absolute atomic E-state index is 12.9. The van der Waals surface area contributed by atoms with Gasteiger partial charge < -0.3 is 14.2 Å². The first-order valence-electron chi connectivity index (χ1n) is 33.1. The van der Waals surface area contributed by atoms with E-state index in [-0.39, 0.29) is 31.1 Å². The summed E-state index contributed by atoms with van der Waals surface area (Å²) in [6.45, 7) is 6.51. The van der Waals surface area contributed by atoms with E-state index in [4.69, 9.17) is 14.2 Å². The molecule has 6 nitrogen and oxygen atoms in total. The highest BCUT2D eigenvalue weighted by Crippen LogP contribution is 2.17. The lowest BCUT2D eigenvalue weighted by molar-refractivity contribution is -0.167. The van der Waals surface area contributed by atoms with E-state index >= 15 is 0 Å². The van der Waals surface area contributed by atoms with Gasteiger partial charge in [0.2, 0.25) is 0 Å². The number of esters is 3. The first kappa shape index (κ1) is 73.6. The third-order valence-electron chi connectivity index (χ3n) is 14.4. The van der Waals surface area contributed by atoms with Crippen LogP contribution >= 0.6 is 0 Å². The van der Waals surface area contributed by atoms with Crippen molar-refractivity contribution in [1.29, 1.82) is 0 Å². The summed E-state index contributed by atoms with van der Waals surface area (Å²) in [6.07, 6.45) is 86.0. The van der Waals surface area contributed by atoms with Gasteiger partial charge in [-0.3, -0.25) is 14.4 Å². The highest BCUT2D eigenvalue weighted by molar-refractivity contribution is 5.71. The minimum atomic E-state index is -0.781. The van der Waals surface area contributed by atoms with E-state index in [1.165, 1.54) is 173 Å². The van der Waals surface area contributed by atoms with Crippen molar-refractivity contribution in [3.05, 3.63) is 85.1 Å². The number of carbonyl (C=O) groups excluding carboxylic acids is 3. The molecule has 0 aliphatic heterocycles. The maximum Gasteiger partial charge on any atom is 0.306 e. The lowest BCUT2D eigenvalue weighted by atomic mass is 10.0. The fraction of sp³-hybridized carbons (Fsp3) is 0.761. The molecular formula is C71H124O6. The zero-order chi connectivity index (χ0) is 55.7. The fourth-order valence-corrected chi connectivity index (χ4v) is 9.43. The summed E-state index contributed by atoms with van der Waals surface area (Å²) in [5, 5.41) is 0. The van der Waals surface area contributed by atoms with Crippen LogP contribution in [0.5, 0.6) is 0 Å². The number of carbonyl (C=O) groups is 3. The van der Waals surface area contributed by atoms with Gasteiger partial charge in [0.1, 0.15) is 13.2 Å². The molecule has 6 heteroatoms. The Balaban J connectivity index is 4.19. The Labute approximate surface area is 477 Å². The average Bonchev–Trinajstić information content (AvgIpc) is 3.43. The van der Waals surface area contributed by atoms with Gasteiger partial charge in [-0.15, -0.1) is 0 Å². The summed E-state index contributed by atoms with van der Waals surface area (Å²) in [5.41, 5.74) is 0. The second-order valence-corrected chi connectivity index (χ2v) is 22.0. The molecule has 0 aliphatic carbocycles. The second kappa shape index (κ2) is 65.1. The van der Waals surface area contributed by atoms with Crippen LogP contribution in [0.3, 0.4) is 0 Å². The standard InChI is InChI=1S/C71H124O6/c1-4-7-10-13-16-19-22-25-28-29-30-31-32-33-34-35-36-37-38-39-40-41-42-43-44-47-49-52-55-58-61-64-70(73)76-67-68(77-71(74)65-62-59-56-53-50-46-27-24-21-18-15-12-9-6-3)66-75-69(72)63-60-57-54-51-48-45-26-23-20-17-14-11-8-5-2/h7,10,15-16,18-19,24-25,27-28,30-31,33-34,68H,4-6,8-9,11-14,17,20-23,26,29,32,35-67H2,1-3H3/b10-7-,18-15-,19-16-,27-24-,28-25-,31-30-,34-33-.